The second-order valence-corrected chi connectivity index (χ2v) is 20.8. The van der Waals surface area contributed by atoms with E-state index in [-0.39, 0.29) is 25.6 Å². The Bertz CT molecular complexity index is 969. The topological polar surface area (TPSA) is 132 Å². The van der Waals surface area contributed by atoms with Gasteiger partial charge in [-0.05, 0) is 12.8 Å². The Morgan fingerprint density at radius 3 is 1.02 bits per heavy atom. The van der Waals surface area contributed by atoms with Crippen molar-refractivity contribution in [3.63, 3.8) is 0 Å². The molecule has 0 aliphatic rings. The summed E-state index contributed by atoms with van der Waals surface area (Å²) < 4.78 is 33.6. The Morgan fingerprint density at radius 1 is 0.422 bits per heavy atom. The molecule has 384 valence electrons. The number of rotatable bonds is 55. The number of esters is 1. The lowest BCUT2D eigenvalue weighted by molar-refractivity contribution is -0.154. The van der Waals surface area contributed by atoms with Gasteiger partial charge in [-0.2, -0.15) is 0 Å². The first-order valence-corrected chi connectivity index (χ1v) is 29.5. The number of phosphoric ester groups is 1. The van der Waals surface area contributed by atoms with Gasteiger partial charge < -0.3 is 24.6 Å². The van der Waals surface area contributed by atoms with Crippen LogP contribution in [0, 0.1) is 0 Å². The third kappa shape index (κ3) is 50.9. The van der Waals surface area contributed by atoms with Crippen molar-refractivity contribution in [1.82, 2.24) is 0 Å². The molecule has 0 bridgehead atoms. The fourth-order valence-electron chi connectivity index (χ4n) is 8.54. The van der Waals surface area contributed by atoms with Gasteiger partial charge in [0, 0.05) is 13.0 Å². The van der Waals surface area contributed by atoms with Crippen molar-refractivity contribution in [3.8, 4) is 0 Å². The molecule has 9 nitrogen and oxygen atoms in total. The number of unbranched alkanes of at least 4 members (excludes halogenated alkanes) is 41. The standard InChI is InChI=1S/C54H109O9P/c1-3-5-7-9-11-13-15-17-19-21-23-25-26-27-28-30-32-34-36-38-40-42-44-46-54(57)63-53(51-62-64(58,59)61-49-52(56)48-55)50-60-47-45-43-41-39-37-35-33-31-29-24-22-20-18-16-14-12-10-8-6-4-2/h52-53,55-56H,3-51H2,1-2H3,(H,58,59). The highest BCUT2D eigenvalue weighted by Gasteiger charge is 2.26. The zero-order valence-corrected chi connectivity index (χ0v) is 43.4. The van der Waals surface area contributed by atoms with E-state index < -0.39 is 33.2 Å². The molecule has 3 unspecified atom stereocenters. The van der Waals surface area contributed by atoms with Gasteiger partial charge in [-0.25, -0.2) is 4.57 Å². The largest absolute Gasteiger partial charge is 0.472 e. The maximum Gasteiger partial charge on any atom is 0.472 e. The minimum atomic E-state index is -4.52. The van der Waals surface area contributed by atoms with E-state index in [2.05, 4.69) is 13.8 Å². The summed E-state index contributed by atoms with van der Waals surface area (Å²) in [6.45, 7) is 3.62. The van der Waals surface area contributed by atoms with Crippen LogP contribution < -0.4 is 0 Å². The molecule has 0 fully saturated rings. The van der Waals surface area contributed by atoms with Crippen LogP contribution in [0.3, 0.4) is 0 Å². The summed E-state index contributed by atoms with van der Waals surface area (Å²) >= 11 is 0. The molecule has 3 atom stereocenters. The van der Waals surface area contributed by atoms with Gasteiger partial charge in [0.1, 0.15) is 12.2 Å². The number of hydrogen-bond acceptors (Lipinski definition) is 8. The second-order valence-electron chi connectivity index (χ2n) is 19.3. The lowest BCUT2D eigenvalue weighted by Crippen LogP contribution is -2.29. The van der Waals surface area contributed by atoms with Gasteiger partial charge in [0.15, 0.2) is 0 Å². The number of carbonyl (C=O) groups is 1. The Labute approximate surface area is 397 Å². The predicted molar refractivity (Wildman–Crippen MR) is 270 cm³/mol. The highest BCUT2D eigenvalue weighted by Crippen LogP contribution is 2.43. The smallest absolute Gasteiger partial charge is 0.457 e. The lowest BCUT2D eigenvalue weighted by Gasteiger charge is -2.20. The first-order chi connectivity index (χ1) is 31.3. The molecule has 0 rings (SSSR count). The third-order valence-corrected chi connectivity index (χ3v) is 13.7. The molecule has 64 heavy (non-hydrogen) atoms. The molecule has 0 radical (unpaired) electrons. The molecule has 0 amide bonds. The Kier molecular flexibility index (Phi) is 51.4. The lowest BCUT2D eigenvalue weighted by atomic mass is 10.0. The van der Waals surface area contributed by atoms with Crippen LogP contribution in [0.2, 0.25) is 0 Å². The van der Waals surface area contributed by atoms with E-state index >= 15 is 0 Å². The molecule has 0 aromatic heterocycles. The van der Waals surface area contributed by atoms with Crippen LogP contribution in [-0.2, 0) is 27.9 Å². The first-order valence-electron chi connectivity index (χ1n) is 28.0. The molecule has 0 aromatic rings. The zero-order chi connectivity index (χ0) is 46.7. The van der Waals surface area contributed by atoms with Crippen LogP contribution in [0.25, 0.3) is 0 Å². The molecule has 0 aromatic carbocycles. The van der Waals surface area contributed by atoms with E-state index in [1.807, 2.05) is 0 Å². The van der Waals surface area contributed by atoms with Crippen molar-refractivity contribution < 1.29 is 43.0 Å². The minimum absolute atomic E-state index is 0.0591. The van der Waals surface area contributed by atoms with E-state index in [1.54, 1.807) is 0 Å². The quantitative estimate of drug-likeness (QED) is 0.0310. The summed E-state index contributed by atoms with van der Waals surface area (Å²) in [5.74, 6) is -0.371. The average Bonchev–Trinajstić information content (AvgIpc) is 3.29. The summed E-state index contributed by atoms with van der Waals surface area (Å²) in [7, 11) is -4.52. The normalized spacial score (nSPS) is 13.6. The molecule has 0 saturated carbocycles. The van der Waals surface area contributed by atoms with Gasteiger partial charge in [0.25, 0.3) is 0 Å². The molecule has 0 aliphatic carbocycles. The third-order valence-electron chi connectivity index (χ3n) is 12.8. The Balaban J connectivity index is 3.96. The van der Waals surface area contributed by atoms with Crippen molar-refractivity contribution in [2.24, 2.45) is 0 Å². The van der Waals surface area contributed by atoms with E-state index in [9.17, 15) is 19.4 Å². The van der Waals surface area contributed by atoms with Gasteiger partial charge in [-0.15, -0.1) is 0 Å². The van der Waals surface area contributed by atoms with E-state index in [0.29, 0.717) is 6.61 Å². The highest BCUT2D eigenvalue weighted by atomic mass is 31.2. The summed E-state index contributed by atoms with van der Waals surface area (Å²) in [4.78, 5) is 22.7. The predicted octanol–water partition coefficient (Wildman–Crippen LogP) is 16.6. The summed E-state index contributed by atoms with van der Waals surface area (Å²) in [5, 5.41) is 18.4. The number of hydrogen-bond donors (Lipinski definition) is 3. The molecule has 10 heteroatoms. The van der Waals surface area contributed by atoms with E-state index in [1.165, 1.54) is 244 Å². The van der Waals surface area contributed by atoms with Crippen LogP contribution in [0.5, 0.6) is 0 Å². The number of aliphatic hydroxyl groups excluding tert-OH is 2. The van der Waals surface area contributed by atoms with Gasteiger partial charge in [0.2, 0.25) is 0 Å². The second kappa shape index (κ2) is 51.8. The van der Waals surface area contributed by atoms with Crippen molar-refractivity contribution in [3.05, 3.63) is 0 Å². The number of aliphatic hydroxyl groups is 2. The Morgan fingerprint density at radius 2 is 0.703 bits per heavy atom. The van der Waals surface area contributed by atoms with Crippen LogP contribution >= 0.6 is 7.82 Å². The highest BCUT2D eigenvalue weighted by molar-refractivity contribution is 7.47. The summed E-state index contributed by atoms with van der Waals surface area (Å²) in [5.41, 5.74) is 0. The van der Waals surface area contributed by atoms with Crippen LogP contribution in [0.15, 0.2) is 0 Å². The van der Waals surface area contributed by atoms with E-state index in [0.717, 1.165) is 32.1 Å². The first kappa shape index (κ1) is 63.5. The summed E-state index contributed by atoms with van der Waals surface area (Å²) in [6.07, 6.45) is 55.1. The van der Waals surface area contributed by atoms with Gasteiger partial charge in [0.05, 0.1) is 26.4 Å². The van der Waals surface area contributed by atoms with Crippen LogP contribution in [0.4, 0.5) is 0 Å². The minimum Gasteiger partial charge on any atom is -0.457 e. The molecular formula is C54H109O9P. The molecule has 0 aliphatic heterocycles. The Hall–Kier alpha value is -0.540. The van der Waals surface area contributed by atoms with Crippen molar-refractivity contribution in [2.75, 3.05) is 33.0 Å². The molecule has 0 heterocycles. The monoisotopic (exact) mass is 933 g/mol. The van der Waals surface area contributed by atoms with Crippen molar-refractivity contribution in [2.45, 2.75) is 309 Å². The maximum absolute atomic E-state index is 12.7. The van der Waals surface area contributed by atoms with E-state index in [4.69, 9.17) is 23.6 Å². The van der Waals surface area contributed by atoms with Gasteiger partial charge >= 0.3 is 13.8 Å². The maximum atomic E-state index is 12.7. The SMILES string of the molecule is CCCCCCCCCCCCCCCCCCCCCCCCCC(=O)OC(COCCCCCCCCCCCCCCCCCCCCCC)COP(=O)(O)OCC(O)CO. The number of ether oxygens (including phenoxy) is 2. The van der Waals surface area contributed by atoms with Crippen molar-refractivity contribution in [1.29, 1.82) is 0 Å². The molecule has 3 N–H and O–H groups in total. The number of carbonyl (C=O) groups excluding carboxylic acids is 1. The fourth-order valence-corrected chi connectivity index (χ4v) is 9.33. The molecule has 0 saturated heterocycles. The number of phosphoric acid groups is 1. The molecule has 0 spiro atoms. The van der Waals surface area contributed by atoms with Gasteiger partial charge in [-0.1, -0.05) is 277 Å². The average molecular weight is 933 g/mol. The van der Waals surface area contributed by atoms with Crippen LogP contribution in [-0.4, -0.2) is 66.3 Å². The summed E-state index contributed by atoms with van der Waals surface area (Å²) in [6, 6.07) is 0. The molecular weight excluding hydrogens is 824 g/mol. The van der Waals surface area contributed by atoms with Crippen molar-refractivity contribution >= 4 is 13.8 Å². The fraction of sp³-hybridized carbons (Fsp3) is 0.981. The van der Waals surface area contributed by atoms with Crippen LogP contribution in [0.1, 0.15) is 296 Å². The van der Waals surface area contributed by atoms with Gasteiger partial charge in [-0.3, -0.25) is 13.8 Å². The zero-order valence-electron chi connectivity index (χ0n) is 42.5.